The van der Waals surface area contributed by atoms with Crippen LogP contribution in [0.3, 0.4) is 0 Å². The number of ether oxygens (including phenoxy) is 2. The third-order valence-electron chi connectivity index (χ3n) is 5.67. The van der Waals surface area contributed by atoms with Crippen LogP contribution in [-0.4, -0.2) is 63.0 Å². The highest BCUT2D eigenvalue weighted by Crippen LogP contribution is 2.38. The molecule has 0 bridgehead atoms. The van der Waals surface area contributed by atoms with E-state index in [1.807, 2.05) is 47.2 Å². The van der Waals surface area contributed by atoms with E-state index in [1.54, 1.807) is 33.4 Å². The van der Waals surface area contributed by atoms with Crippen molar-refractivity contribution in [1.29, 1.82) is 0 Å². The Balaban J connectivity index is 1.66. The van der Waals surface area contributed by atoms with Crippen LogP contribution in [0.25, 0.3) is 0 Å². The third kappa shape index (κ3) is 5.35. The molecule has 2 aromatic carbocycles. The lowest BCUT2D eigenvalue weighted by molar-refractivity contribution is -0.133. The molecular weight excluding hydrogens is 394 g/mol. The van der Waals surface area contributed by atoms with E-state index in [0.29, 0.717) is 18.7 Å². The van der Waals surface area contributed by atoms with Crippen LogP contribution in [0.5, 0.6) is 11.5 Å². The van der Waals surface area contributed by atoms with E-state index in [4.69, 9.17) is 9.47 Å². The summed E-state index contributed by atoms with van der Waals surface area (Å²) in [7, 11) is 6.83. The van der Waals surface area contributed by atoms with Crippen LogP contribution in [0.15, 0.2) is 42.5 Å². The number of amides is 2. The fourth-order valence-electron chi connectivity index (χ4n) is 4.08. The first-order valence-electron chi connectivity index (χ1n) is 10.5. The largest absolute Gasteiger partial charge is 0.497 e. The fourth-order valence-corrected chi connectivity index (χ4v) is 4.08. The average molecular weight is 426 g/mol. The number of carbonyl (C=O) groups is 2. The van der Waals surface area contributed by atoms with Gasteiger partial charge < -0.3 is 19.7 Å². The minimum absolute atomic E-state index is 0.0159. The summed E-state index contributed by atoms with van der Waals surface area (Å²) >= 11 is 0. The Morgan fingerprint density at radius 1 is 1.13 bits per heavy atom. The molecule has 2 amide bonds. The Hall–Kier alpha value is -3.06. The molecule has 1 saturated heterocycles. The van der Waals surface area contributed by atoms with Crippen molar-refractivity contribution in [3.63, 3.8) is 0 Å². The van der Waals surface area contributed by atoms with Gasteiger partial charge in [-0.3, -0.25) is 14.5 Å². The first kappa shape index (κ1) is 22.6. The Morgan fingerprint density at radius 2 is 1.87 bits per heavy atom. The maximum absolute atomic E-state index is 13.1. The summed E-state index contributed by atoms with van der Waals surface area (Å²) in [6, 6.07) is 13.2. The van der Waals surface area contributed by atoms with Crippen LogP contribution in [0, 0.1) is 0 Å². The molecule has 1 aliphatic rings. The molecular formula is C24H31N3O4. The summed E-state index contributed by atoms with van der Waals surface area (Å²) in [5.41, 5.74) is 2.66. The van der Waals surface area contributed by atoms with Crippen LogP contribution in [0.1, 0.15) is 40.4 Å². The van der Waals surface area contributed by atoms with Crippen molar-refractivity contribution in [2.24, 2.45) is 0 Å². The molecule has 1 fully saturated rings. The molecule has 0 aromatic heterocycles. The Kier molecular flexibility index (Phi) is 7.52. The van der Waals surface area contributed by atoms with Gasteiger partial charge in [0.25, 0.3) is 5.91 Å². The molecule has 0 unspecified atom stereocenters. The Bertz CT molecular complexity index is 914. The van der Waals surface area contributed by atoms with Crippen LogP contribution in [0.4, 0.5) is 0 Å². The number of likely N-dealkylation sites (tertiary alicyclic amines) is 1. The Labute approximate surface area is 183 Å². The summed E-state index contributed by atoms with van der Waals surface area (Å²) in [6.45, 7) is 1.68. The number of nitrogens with one attached hydrogen (secondary N) is 1. The van der Waals surface area contributed by atoms with Gasteiger partial charge in [-0.2, -0.15) is 0 Å². The van der Waals surface area contributed by atoms with E-state index < -0.39 is 0 Å². The highest BCUT2D eigenvalue weighted by Gasteiger charge is 2.32. The number of rotatable bonds is 8. The van der Waals surface area contributed by atoms with E-state index in [2.05, 4.69) is 5.32 Å². The van der Waals surface area contributed by atoms with E-state index in [-0.39, 0.29) is 17.9 Å². The molecule has 3 rings (SSSR count). The van der Waals surface area contributed by atoms with Crippen molar-refractivity contribution in [1.82, 2.24) is 15.1 Å². The minimum Gasteiger partial charge on any atom is -0.497 e. The number of likely N-dealkylation sites (N-methyl/N-ethyl adjacent to an activating group) is 1. The molecule has 1 aliphatic heterocycles. The van der Waals surface area contributed by atoms with Crippen LogP contribution in [0.2, 0.25) is 0 Å². The third-order valence-corrected chi connectivity index (χ3v) is 5.67. The van der Waals surface area contributed by atoms with E-state index in [0.717, 1.165) is 42.0 Å². The van der Waals surface area contributed by atoms with E-state index in [9.17, 15) is 9.59 Å². The van der Waals surface area contributed by atoms with Crippen LogP contribution < -0.4 is 14.8 Å². The smallest absolute Gasteiger partial charge is 0.251 e. The van der Waals surface area contributed by atoms with Gasteiger partial charge in [0.1, 0.15) is 11.5 Å². The lowest BCUT2D eigenvalue weighted by Gasteiger charge is -2.28. The van der Waals surface area contributed by atoms with Gasteiger partial charge in [-0.05, 0) is 55.8 Å². The molecule has 1 heterocycles. The number of hydrogen-bond donors (Lipinski definition) is 1. The Morgan fingerprint density at radius 3 is 2.52 bits per heavy atom. The molecule has 7 nitrogen and oxygen atoms in total. The zero-order valence-corrected chi connectivity index (χ0v) is 18.7. The second-order valence-corrected chi connectivity index (χ2v) is 7.80. The molecule has 166 valence electrons. The van der Waals surface area contributed by atoms with Gasteiger partial charge in [-0.15, -0.1) is 0 Å². The van der Waals surface area contributed by atoms with Crippen molar-refractivity contribution in [2.75, 3.05) is 41.4 Å². The lowest BCUT2D eigenvalue weighted by Crippen LogP contribution is -2.38. The first-order valence-corrected chi connectivity index (χ1v) is 10.5. The molecule has 0 spiro atoms. The maximum Gasteiger partial charge on any atom is 0.251 e. The summed E-state index contributed by atoms with van der Waals surface area (Å²) in [6.07, 6.45) is 1.86. The monoisotopic (exact) mass is 425 g/mol. The SMILES string of the molecule is CNC(=O)c1ccc(CN(C)CC(=O)N2CCC[C@@H]2c2cc(OC)ccc2OC)cc1. The van der Waals surface area contributed by atoms with Crippen LogP contribution >= 0.6 is 0 Å². The predicted molar refractivity (Wildman–Crippen MR) is 119 cm³/mol. The van der Waals surface area contributed by atoms with Gasteiger partial charge in [0.15, 0.2) is 0 Å². The standard InChI is InChI=1S/C24H31N3O4/c1-25-24(29)18-9-7-17(8-10-18)15-26(2)16-23(28)27-13-5-6-21(27)20-14-19(30-3)11-12-22(20)31-4/h7-12,14,21H,5-6,13,15-16H2,1-4H3,(H,25,29)/t21-/m1/s1. The maximum atomic E-state index is 13.1. The lowest BCUT2D eigenvalue weighted by atomic mass is 10.0. The van der Waals surface area contributed by atoms with Crippen molar-refractivity contribution >= 4 is 11.8 Å². The van der Waals surface area contributed by atoms with Gasteiger partial charge in [0.2, 0.25) is 5.91 Å². The number of methoxy groups -OCH3 is 2. The van der Waals surface area contributed by atoms with Gasteiger partial charge in [0, 0.05) is 31.3 Å². The number of benzene rings is 2. The number of hydrogen-bond acceptors (Lipinski definition) is 5. The van der Waals surface area contributed by atoms with Crippen molar-refractivity contribution < 1.29 is 19.1 Å². The number of nitrogens with zero attached hydrogens (tertiary/aromatic N) is 2. The highest BCUT2D eigenvalue weighted by atomic mass is 16.5. The zero-order chi connectivity index (χ0) is 22.4. The second-order valence-electron chi connectivity index (χ2n) is 7.80. The fraction of sp³-hybridized carbons (Fsp3) is 0.417. The molecule has 7 heteroatoms. The second kappa shape index (κ2) is 10.3. The molecule has 1 atom stereocenters. The molecule has 31 heavy (non-hydrogen) atoms. The molecule has 0 saturated carbocycles. The summed E-state index contributed by atoms with van der Waals surface area (Å²) in [4.78, 5) is 28.8. The number of carbonyl (C=O) groups excluding carboxylic acids is 2. The molecule has 2 aromatic rings. The average Bonchev–Trinajstić information content (AvgIpc) is 3.28. The molecule has 0 aliphatic carbocycles. The zero-order valence-electron chi connectivity index (χ0n) is 18.7. The topological polar surface area (TPSA) is 71.1 Å². The molecule has 1 N–H and O–H groups in total. The van der Waals surface area contributed by atoms with E-state index in [1.165, 1.54) is 0 Å². The van der Waals surface area contributed by atoms with Crippen LogP contribution in [-0.2, 0) is 11.3 Å². The molecule has 0 radical (unpaired) electrons. The first-order chi connectivity index (χ1) is 15.0. The van der Waals surface area contributed by atoms with Gasteiger partial charge in [-0.1, -0.05) is 12.1 Å². The van der Waals surface area contributed by atoms with E-state index >= 15 is 0 Å². The van der Waals surface area contributed by atoms with Crippen molar-refractivity contribution in [3.8, 4) is 11.5 Å². The quantitative estimate of drug-likeness (QED) is 0.704. The summed E-state index contributed by atoms with van der Waals surface area (Å²) in [5, 5.41) is 2.62. The highest BCUT2D eigenvalue weighted by molar-refractivity contribution is 5.93. The van der Waals surface area contributed by atoms with Crippen molar-refractivity contribution in [3.05, 3.63) is 59.2 Å². The van der Waals surface area contributed by atoms with Gasteiger partial charge >= 0.3 is 0 Å². The normalized spacial score (nSPS) is 15.8. The minimum atomic E-state index is -0.108. The van der Waals surface area contributed by atoms with Gasteiger partial charge in [-0.25, -0.2) is 0 Å². The summed E-state index contributed by atoms with van der Waals surface area (Å²) in [5.74, 6) is 1.52. The van der Waals surface area contributed by atoms with Crippen molar-refractivity contribution in [2.45, 2.75) is 25.4 Å². The van der Waals surface area contributed by atoms with Gasteiger partial charge in [0.05, 0.1) is 26.8 Å². The summed E-state index contributed by atoms with van der Waals surface area (Å²) < 4.78 is 10.9. The predicted octanol–water partition coefficient (Wildman–Crippen LogP) is 2.86.